The van der Waals surface area contributed by atoms with Crippen molar-refractivity contribution >= 4 is 17.9 Å². The molecule has 1 saturated carbocycles. The van der Waals surface area contributed by atoms with E-state index in [-0.39, 0.29) is 18.3 Å². The van der Waals surface area contributed by atoms with E-state index >= 15 is 0 Å². The van der Waals surface area contributed by atoms with Crippen molar-refractivity contribution in [3.05, 3.63) is 23.3 Å². The SMILES string of the molecule is CC(=O)O[C@]1(C)C(=O)O[C@@H]2[C@@H]3C(C)=CC[C@@H]3[C@@](C)(O)C[C@H](OC(=O)C=C(C)C)[C@H]21. The lowest BCUT2D eigenvalue weighted by atomic mass is 9.75. The highest BCUT2D eigenvalue weighted by Gasteiger charge is 2.67. The van der Waals surface area contributed by atoms with Gasteiger partial charge in [-0.15, -0.1) is 0 Å². The number of carbonyl (C=O) groups excluding carboxylic acids is 3. The highest BCUT2D eigenvalue weighted by molar-refractivity contribution is 5.86. The van der Waals surface area contributed by atoms with Gasteiger partial charge in [-0.2, -0.15) is 0 Å². The molecule has 3 rings (SSSR count). The number of allylic oxidation sites excluding steroid dienone is 2. The van der Waals surface area contributed by atoms with Crippen molar-refractivity contribution in [1.29, 1.82) is 0 Å². The van der Waals surface area contributed by atoms with Crippen molar-refractivity contribution in [3.8, 4) is 0 Å². The molecule has 1 aliphatic heterocycles. The Hall–Kier alpha value is -2.15. The summed E-state index contributed by atoms with van der Waals surface area (Å²) in [6.07, 6.45) is 2.66. The standard InChI is InChI=1S/C22H30O7/c1-11(2)9-16(24)27-15-10-21(5,26)14-8-7-12(3)17(14)19-18(15)22(6,20(25)28-19)29-13(4)23/h7,9,14-15,17-19,26H,8,10H2,1-6H3/t14-,15-,17+,18+,19+,21-,22-/m0/s1. The fourth-order valence-electron chi connectivity index (χ4n) is 5.30. The molecule has 0 radical (unpaired) electrons. The van der Waals surface area contributed by atoms with Crippen LogP contribution in [0.1, 0.15) is 54.4 Å². The molecule has 0 unspecified atom stereocenters. The second kappa shape index (κ2) is 7.27. The summed E-state index contributed by atoms with van der Waals surface area (Å²) in [6.45, 7) is 9.96. The van der Waals surface area contributed by atoms with Crippen molar-refractivity contribution < 1.29 is 33.7 Å². The minimum atomic E-state index is -1.60. The largest absolute Gasteiger partial charge is 0.458 e. The molecule has 7 nitrogen and oxygen atoms in total. The Morgan fingerprint density at radius 3 is 2.52 bits per heavy atom. The molecule has 2 aliphatic carbocycles. The number of carbonyl (C=O) groups is 3. The van der Waals surface area contributed by atoms with E-state index in [4.69, 9.17) is 14.2 Å². The second-order valence-corrected chi connectivity index (χ2v) is 9.17. The summed E-state index contributed by atoms with van der Waals surface area (Å²) in [5, 5.41) is 11.3. The number of hydrogen-bond donors (Lipinski definition) is 1. The third-order valence-corrected chi connectivity index (χ3v) is 6.49. The summed E-state index contributed by atoms with van der Waals surface area (Å²) >= 11 is 0. The molecule has 1 saturated heterocycles. The van der Waals surface area contributed by atoms with Crippen LogP contribution in [0.4, 0.5) is 0 Å². The molecule has 3 aliphatic rings. The molecule has 1 heterocycles. The summed E-state index contributed by atoms with van der Waals surface area (Å²) in [7, 11) is 0. The predicted octanol–water partition coefficient (Wildman–Crippen LogP) is 2.46. The van der Waals surface area contributed by atoms with Crippen molar-refractivity contribution in [2.24, 2.45) is 17.8 Å². The van der Waals surface area contributed by atoms with Gasteiger partial charge >= 0.3 is 17.9 Å². The number of fused-ring (bicyclic) bond motifs is 3. The van der Waals surface area contributed by atoms with Crippen molar-refractivity contribution in [3.63, 3.8) is 0 Å². The van der Waals surface area contributed by atoms with Gasteiger partial charge in [0.25, 0.3) is 0 Å². The average molecular weight is 406 g/mol. The Balaban J connectivity index is 2.09. The molecule has 7 heteroatoms. The van der Waals surface area contributed by atoms with Gasteiger partial charge in [0.2, 0.25) is 5.60 Å². The van der Waals surface area contributed by atoms with Crippen molar-refractivity contribution in [1.82, 2.24) is 0 Å². The van der Waals surface area contributed by atoms with E-state index in [0.717, 1.165) is 11.1 Å². The van der Waals surface area contributed by atoms with Crippen molar-refractivity contribution in [2.75, 3.05) is 0 Å². The van der Waals surface area contributed by atoms with Gasteiger partial charge in [0.15, 0.2) is 0 Å². The van der Waals surface area contributed by atoms with Crippen LogP contribution in [0.25, 0.3) is 0 Å². The van der Waals surface area contributed by atoms with E-state index in [2.05, 4.69) is 0 Å². The fraction of sp³-hybridized carbons (Fsp3) is 0.682. The number of hydrogen-bond acceptors (Lipinski definition) is 7. The first-order valence-corrected chi connectivity index (χ1v) is 10.0. The molecular formula is C22H30O7. The van der Waals surface area contributed by atoms with Gasteiger partial charge in [0, 0.05) is 31.3 Å². The minimum absolute atomic E-state index is 0.117. The molecule has 2 fully saturated rings. The summed E-state index contributed by atoms with van der Waals surface area (Å²) in [5.41, 5.74) is -0.964. The predicted molar refractivity (Wildman–Crippen MR) is 103 cm³/mol. The van der Waals surface area contributed by atoms with Gasteiger partial charge in [-0.05, 0) is 41.0 Å². The van der Waals surface area contributed by atoms with Crippen LogP contribution in [0.3, 0.4) is 0 Å². The fourth-order valence-corrected chi connectivity index (χ4v) is 5.30. The summed E-state index contributed by atoms with van der Waals surface area (Å²) in [4.78, 5) is 37.1. The van der Waals surface area contributed by atoms with Gasteiger partial charge in [-0.1, -0.05) is 17.2 Å². The van der Waals surface area contributed by atoms with Crippen LogP contribution in [0.5, 0.6) is 0 Å². The molecular weight excluding hydrogens is 376 g/mol. The lowest BCUT2D eigenvalue weighted by Crippen LogP contribution is -2.50. The van der Waals surface area contributed by atoms with Gasteiger partial charge in [0.1, 0.15) is 12.2 Å². The van der Waals surface area contributed by atoms with Crippen LogP contribution < -0.4 is 0 Å². The van der Waals surface area contributed by atoms with Gasteiger partial charge < -0.3 is 19.3 Å². The number of aliphatic hydroxyl groups is 1. The summed E-state index contributed by atoms with van der Waals surface area (Å²) in [5.74, 6) is -2.97. The van der Waals surface area contributed by atoms with Crippen LogP contribution in [-0.2, 0) is 28.6 Å². The molecule has 7 atom stereocenters. The molecule has 0 spiro atoms. The molecule has 0 aromatic rings. The van der Waals surface area contributed by atoms with Crippen LogP contribution >= 0.6 is 0 Å². The maximum absolute atomic E-state index is 12.8. The molecule has 29 heavy (non-hydrogen) atoms. The van der Waals surface area contributed by atoms with Gasteiger partial charge in [0.05, 0.1) is 11.5 Å². The first-order valence-electron chi connectivity index (χ1n) is 10.0. The lowest BCUT2D eigenvalue weighted by Gasteiger charge is -2.35. The number of ether oxygens (including phenoxy) is 3. The molecule has 0 aromatic carbocycles. The van der Waals surface area contributed by atoms with E-state index in [9.17, 15) is 19.5 Å². The van der Waals surface area contributed by atoms with E-state index in [1.165, 1.54) is 19.9 Å². The van der Waals surface area contributed by atoms with Crippen molar-refractivity contribution in [2.45, 2.75) is 77.8 Å². The van der Waals surface area contributed by atoms with Crippen LogP contribution in [-0.4, -0.2) is 46.4 Å². The zero-order chi connectivity index (χ0) is 21.7. The number of rotatable bonds is 3. The Bertz CT molecular complexity index is 789. The second-order valence-electron chi connectivity index (χ2n) is 9.17. The monoisotopic (exact) mass is 406 g/mol. The molecule has 0 amide bonds. The Morgan fingerprint density at radius 2 is 1.93 bits per heavy atom. The smallest absolute Gasteiger partial charge is 0.351 e. The Labute approximate surface area is 171 Å². The van der Waals surface area contributed by atoms with Crippen LogP contribution in [0, 0.1) is 17.8 Å². The zero-order valence-corrected chi connectivity index (χ0v) is 17.9. The maximum Gasteiger partial charge on any atom is 0.351 e. The first kappa shape index (κ1) is 21.6. The highest BCUT2D eigenvalue weighted by Crippen LogP contribution is 2.54. The molecule has 0 bridgehead atoms. The van der Waals surface area contributed by atoms with E-state index in [1.807, 2.05) is 13.0 Å². The Kier molecular flexibility index (Phi) is 5.41. The van der Waals surface area contributed by atoms with Gasteiger partial charge in [-0.3, -0.25) is 4.79 Å². The maximum atomic E-state index is 12.8. The Morgan fingerprint density at radius 1 is 1.28 bits per heavy atom. The van der Waals surface area contributed by atoms with Gasteiger partial charge in [-0.25, -0.2) is 9.59 Å². The highest BCUT2D eigenvalue weighted by atomic mass is 16.6. The first-order chi connectivity index (χ1) is 13.4. The average Bonchev–Trinajstić information content (AvgIpc) is 3.01. The quantitative estimate of drug-likeness (QED) is 0.333. The molecule has 1 N–H and O–H groups in total. The zero-order valence-electron chi connectivity index (χ0n) is 17.9. The van der Waals surface area contributed by atoms with Crippen LogP contribution in [0.2, 0.25) is 0 Å². The summed E-state index contributed by atoms with van der Waals surface area (Å²) in [6, 6.07) is 0. The minimum Gasteiger partial charge on any atom is -0.458 e. The molecule has 160 valence electrons. The summed E-state index contributed by atoms with van der Waals surface area (Å²) < 4.78 is 17.0. The van der Waals surface area contributed by atoms with E-state index < -0.39 is 47.2 Å². The lowest BCUT2D eigenvalue weighted by molar-refractivity contribution is -0.178. The number of esters is 3. The topological polar surface area (TPSA) is 99.1 Å². The third kappa shape index (κ3) is 3.72. The third-order valence-electron chi connectivity index (χ3n) is 6.49. The van der Waals surface area contributed by atoms with E-state index in [0.29, 0.717) is 6.42 Å². The normalized spacial score (nSPS) is 40.7. The van der Waals surface area contributed by atoms with E-state index in [1.54, 1.807) is 20.8 Å². The molecule has 0 aromatic heterocycles. The van der Waals surface area contributed by atoms with Crippen LogP contribution in [0.15, 0.2) is 23.3 Å².